The second-order valence-electron chi connectivity index (χ2n) is 6.79. The number of fused-ring (bicyclic) bond motifs is 1. The van der Waals surface area contributed by atoms with E-state index in [1.165, 1.54) is 12.1 Å². The minimum Gasteiger partial charge on any atom is -0.341 e. The number of rotatable bonds is 4. The highest BCUT2D eigenvalue weighted by atomic mass is 35.5. The standard InChI is InChI=1S/C19H18ClFN2O2S2/c20-15-5-1-13(2-6-15)9-23-18-12-27(24,25)11-17(18)22-19(23)26-10-14-3-7-16(21)8-4-14/h1-8,17-18H,9-12H2/t17-,18-/m1/s1. The highest BCUT2D eigenvalue weighted by Crippen LogP contribution is 2.33. The van der Waals surface area contributed by atoms with E-state index in [4.69, 9.17) is 16.6 Å². The highest BCUT2D eigenvalue weighted by molar-refractivity contribution is 8.13. The third-order valence-electron chi connectivity index (χ3n) is 4.76. The zero-order valence-electron chi connectivity index (χ0n) is 14.4. The van der Waals surface area contributed by atoms with Crippen LogP contribution in [0.3, 0.4) is 0 Å². The maximum Gasteiger partial charge on any atom is 0.160 e. The molecule has 8 heteroatoms. The average Bonchev–Trinajstić information content (AvgIpc) is 3.09. The Hall–Kier alpha value is -1.57. The highest BCUT2D eigenvalue weighted by Gasteiger charge is 2.46. The number of benzene rings is 2. The first kappa shape index (κ1) is 18.8. The van der Waals surface area contributed by atoms with Crippen LogP contribution < -0.4 is 0 Å². The summed E-state index contributed by atoms with van der Waals surface area (Å²) < 4.78 is 37.2. The van der Waals surface area contributed by atoms with E-state index >= 15 is 0 Å². The van der Waals surface area contributed by atoms with Crippen LogP contribution in [0.25, 0.3) is 0 Å². The smallest absolute Gasteiger partial charge is 0.160 e. The molecule has 0 radical (unpaired) electrons. The molecule has 0 aliphatic carbocycles. The molecule has 0 amide bonds. The first-order chi connectivity index (χ1) is 12.9. The average molecular weight is 425 g/mol. The van der Waals surface area contributed by atoms with Crippen molar-refractivity contribution in [3.05, 3.63) is 70.5 Å². The Morgan fingerprint density at radius 3 is 2.44 bits per heavy atom. The molecular weight excluding hydrogens is 407 g/mol. The van der Waals surface area contributed by atoms with E-state index in [1.807, 2.05) is 24.3 Å². The quantitative estimate of drug-likeness (QED) is 0.750. The van der Waals surface area contributed by atoms with E-state index < -0.39 is 9.84 Å². The largest absolute Gasteiger partial charge is 0.341 e. The fourth-order valence-electron chi connectivity index (χ4n) is 3.41. The molecule has 2 aromatic carbocycles. The molecule has 0 spiro atoms. The summed E-state index contributed by atoms with van der Waals surface area (Å²) in [4.78, 5) is 6.79. The molecule has 0 N–H and O–H groups in total. The number of aliphatic imine (C=N–C) groups is 1. The number of thioether (sulfide) groups is 1. The zero-order chi connectivity index (χ0) is 19.0. The Kier molecular flexibility index (Phi) is 5.18. The summed E-state index contributed by atoms with van der Waals surface area (Å²) in [5.41, 5.74) is 2.06. The third kappa shape index (κ3) is 4.31. The minimum atomic E-state index is -3.05. The molecule has 2 atom stereocenters. The lowest BCUT2D eigenvalue weighted by atomic mass is 10.1. The molecule has 2 heterocycles. The molecule has 0 bridgehead atoms. The predicted octanol–water partition coefficient (Wildman–Crippen LogP) is 3.75. The van der Waals surface area contributed by atoms with Crippen molar-refractivity contribution in [3.63, 3.8) is 0 Å². The van der Waals surface area contributed by atoms with Crippen molar-refractivity contribution in [2.45, 2.75) is 24.4 Å². The van der Waals surface area contributed by atoms with Crippen molar-refractivity contribution in [1.82, 2.24) is 4.90 Å². The van der Waals surface area contributed by atoms with E-state index in [0.29, 0.717) is 17.3 Å². The Morgan fingerprint density at radius 1 is 1.07 bits per heavy atom. The van der Waals surface area contributed by atoms with Crippen LogP contribution in [0, 0.1) is 5.82 Å². The Morgan fingerprint density at radius 2 is 1.74 bits per heavy atom. The van der Waals surface area contributed by atoms with Crippen LogP contribution in [0.4, 0.5) is 4.39 Å². The summed E-state index contributed by atoms with van der Waals surface area (Å²) >= 11 is 7.53. The third-order valence-corrected chi connectivity index (χ3v) is 7.79. The van der Waals surface area contributed by atoms with Crippen molar-refractivity contribution in [3.8, 4) is 0 Å². The van der Waals surface area contributed by atoms with Crippen LogP contribution in [0.5, 0.6) is 0 Å². The molecule has 0 aromatic heterocycles. The molecule has 2 aliphatic rings. The van der Waals surface area contributed by atoms with Crippen molar-refractivity contribution in [1.29, 1.82) is 0 Å². The predicted molar refractivity (Wildman–Crippen MR) is 108 cm³/mol. The second-order valence-corrected chi connectivity index (χ2v) is 10.3. The number of amidine groups is 1. The zero-order valence-corrected chi connectivity index (χ0v) is 16.8. The molecule has 0 unspecified atom stereocenters. The van der Waals surface area contributed by atoms with Gasteiger partial charge >= 0.3 is 0 Å². The maximum absolute atomic E-state index is 13.1. The van der Waals surface area contributed by atoms with Crippen LogP contribution in [0.15, 0.2) is 53.5 Å². The van der Waals surface area contributed by atoms with Crippen molar-refractivity contribution in [2.24, 2.45) is 4.99 Å². The fraction of sp³-hybridized carbons (Fsp3) is 0.316. The van der Waals surface area contributed by atoms with Gasteiger partial charge in [0.25, 0.3) is 0 Å². The monoisotopic (exact) mass is 424 g/mol. The second kappa shape index (κ2) is 7.45. The lowest BCUT2D eigenvalue weighted by Crippen LogP contribution is -2.38. The van der Waals surface area contributed by atoms with E-state index in [-0.39, 0.29) is 29.4 Å². The Bertz CT molecular complexity index is 962. The van der Waals surface area contributed by atoms with Gasteiger partial charge in [-0.2, -0.15) is 0 Å². The maximum atomic E-state index is 13.1. The SMILES string of the molecule is O=S1(=O)C[C@@H]2[C@@H](C1)N=C(SCc1ccc(F)cc1)N2Cc1ccc(Cl)cc1. The van der Waals surface area contributed by atoms with Gasteiger partial charge in [0.1, 0.15) is 5.82 Å². The number of hydrogen-bond acceptors (Lipinski definition) is 5. The van der Waals surface area contributed by atoms with Gasteiger partial charge < -0.3 is 4.90 Å². The van der Waals surface area contributed by atoms with Crippen molar-refractivity contribution >= 4 is 38.4 Å². The van der Waals surface area contributed by atoms with Gasteiger partial charge in [0.2, 0.25) is 0 Å². The lowest BCUT2D eigenvalue weighted by Gasteiger charge is -2.26. The van der Waals surface area contributed by atoms with Gasteiger partial charge in [-0.15, -0.1) is 0 Å². The molecule has 4 rings (SSSR count). The molecule has 4 nitrogen and oxygen atoms in total. The van der Waals surface area contributed by atoms with Gasteiger partial charge in [-0.05, 0) is 35.4 Å². The van der Waals surface area contributed by atoms with Crippen LogP contribution in [0.1, 0.15) is 11.1 Å². The summed E-state index contributed by atoms with van der Waals surface area (Å²) in [5.74, 6) is 0.638. The summed E-state index contributed by atoms with van der Waals surface area (Å²) in [7, 11) is -3.05. The number of hydrogen-bond donors (Lipinski definition) is 0. The van der Waals surface area contributed by atoms with E-state index in [1.54, 1.807) is 23.9 Å². The molecule has 2 aliphatic heterocycles. The van der Waals surface area contributed by atoms with E-state index in [9.17, 15) is 12.8 Å². The summed E-state index contributed by atoms with van der Waals surface area (Å²) in [6.07, 6.45) is 0. The van der Waals surface area contributed by atoms with E-state index in [2.05, 4.69) is 4.90 Å². The first-order valence-electron chi connectivity index (χ1n) is 8.56. The van der Waals surface area contributed by atoms with Crippen LogP contribution in [-0.2, 0) is 22.1 Å². The summed E-state index contributed by atoms with van der Waals surface area (Å²) in [6.45, 7) is 0.586. The lowest BCUT2D eigenvalue weighted by molar-refractivity contribution is 0.343. The van der Waals surface area contributed by atoms with Gasteiger partial charge in [0.15, 0.2) is 15.0 Å². The van der Waals surface area contributed by atoms with Crippen molar-refractivity contribution < 1.29 is 12.8 Å². The number of nitrogens with zero attached hydrogens (tertiary/aromatic N) is 2. The van der Waals surface area contributed by atoms with Crippen LogP contribution >= 0.6 is 23.4 Å². The number of halogens is 2. The van der Waals surface area contributed by atoms with E-state index in [0.717, 1.165) is 16.3 Å². The van der Waals surface area contributed by atoms with Crippen LogP contribution in [-0.4, -0.2) is 42.1 Å². The molecule has 1 saturated heterocycles. The number of sulfone groups is 1. The van der Waals surface area contributed by atoms with Gasteiger partial charge in [-0.3, -0.25) is 4.99 Å². The summed E-state index contributed by atoms with van der Waals surface area (Å²) in [6, 6.07) is 13.6. The summed E-state index contributed by atoms with van der Waals surface area (Å²) in [5, 5.41) is 1.51. The molecule has 142 valence electrons. The molecule has 1 fully saturated rings. The normalized spacial score (nSPS) is 23.3. The molecule has 0 saturated carbocycles. The Labute approximate surface area is 167 Å². The first-order valence-corrected chi connectivity index (χ1v) is 11.7. The van der Waals surface area contributed by atoms with Gasteiger partial charge in [-0.25, -0.2) is 12.8 Å². The molecular formula is C19H18ClFN2O2S2. The topological polar surface area (TPSA) is 49.7 Å². The minimum absolute atomic E-state index is 0.107. The van der Waals surface area contributed by atoms with Gasteiger partial charge in [-0.1, -0.05) is 47.6 Å². The van der Waals surface area contributed by atoms with Crippen LogP contribution in [0.2, 0.25) is 5.02 Å². The molecule has 27 heavy (non-hydrogen) atoms. The fourth-order valence-corrected chi connectivity index (χ4v) is 6.47. The van der Waals surface area contributed by atoms with Gasteiger partial charge in [0.05, 0.1) is 23.6 Å². The van der Waals surface area contributed by atoms with Crippen molar-refractivity contribution in [2.75, 3.05) is 11.5 Å². The molecule has 2 aromatic rings. The Balaban J connectivity index is 1.53. The van der Waals surface area contributed by atoms with Gasteiger partial charge in [0, 0.05) is 17.3 Å².